The van der Waals surface area contributed by atoms with Gasteiger partial charge in [-0.15, -0.1) is 0 Å². The molecule has 35 heavy (non-hydrogen) atoms. The van der Waals surface area contributed by atoms with E-state index in [1.165, 1.54) is 43.5 Å². The Balaban J connectivity index is 1.52. The maximum atomic E-state index is 13.1. The first kappa shape index (κ1) is 24.4. The van der Waals surface area contributed by atoms with Gasteiger partial charge in [0.25, 0.3) is 11.6 Å². The standard InChI is InChI=1S/C24H17BrFN3O5S/c1-33-20-11-15(10-19(25)22(20)34-13-14-3-2-4-18(9-14)29(31)32)12-21-23(30)28-24(35-21)27-17-7-5-16(26)6-8-17/h2-12H,13H2,1H3,(H,27,28,30)/b21-12+. The summed E-state index contributed by atoms with van der Waals surface area (Å²) in [4.78, 5) is 27.7. The number of amides is 1. The van der Waals surface area contributed by atoms with E-state index in [1.807, 2.05) is 0 Å². The monoisotopic (exact) mass is 557 g/mol. The van der Waals surface area contributed by atoms with Crippen molar-refractivity contribution in [3.05, 3.63) is 97.1 Å². The predicted molar refractivity (Wildman–Crippen MR) is 135 cm³/mol. The fourth-order valence-electron chi connectivity index (χ4n) is 3.14. The van der Waals surface area contributed by atoms with Crippen LogP contribution in [0, 0.1) is 15.9 Å². The number of hydrogen-bond acceptors (Lipinski definition) is 7. The van der Waals surface area contributed by atoms with Gasteiger partial charge in [-0.25, -0.2) is 9.38 Å². The van der Waals surface area contributed by atoms with Gasteiger partial charge in [-0.3, -0.25) is 14.9 Å². The molecule has 1 heterocycles. The number of hydrogen-bond donors (Lipinski definition) is 1. The highest BCUT2D eigenvalue weighted by atomic mass is 79.9. The molecule has 1 amide bonds. The van der Waals surface area contributed by atoms with E-state index in [1.54, 1.807) is 30.3 Å². The van der Waals surface area contributed by atoms with Crippen LogP contribution >= 0.6 is 27.7 Å². The summed E-state index contributed by atoms with van der Waals surface area (Å²) in [6, 6.07) is 15.3. The lowest BCUT2D eigenvalue weighted by atomic mass is 10.1. The molecule has 4 rings (SSSR count). The number of nitro groups is 1. The smallest absolute Gasteiger partial charge is 0.269 e. The average Bonchev–Trinajstić information content (AvgIpc) is 3.17. The van der Waals surface area contributed by atoms with Crippen LogP contribution in [0.3, 0.4) is 0 Å². The summed E-state index contributed by atoms with van der Waals surface area (Å²) in [6.45, 7) is 0.0958. The summed E-state index contributed by atoms with van der Waals surface area (Å²) in [5.41, 5.74) is 1.81. The molecule has 1 N–H and O–H groups in total. The lowest BCUT2D eigenvalue weighted by molar-refractivity contribution is -0.384. The summed E-state index contributed by atoms with van der Waals surface area (Å²) >= 11 is 4.63. The Morgan fingerprint density at radius 3 is 2.69 bits per heavy atom. The second-order valence-corrected chi connectivity index (χ2v) is 9.09. The van der Waals surface area contributed by atoms with Crippen LogP contribution in [0.5, 0.6) is 11.5 Å². The first-order valence-corrected chi connectivity index (χ1v) is 11.7. The summed E-state index contributed by atoms with van der Waals surface area (Å²) < 4.78 is 25.0. The van der Waals surface area contributed by atoms with Gasteiger partial charge in [0, 0.05) is 12.1 Å². The van der Waals surface area contributed by atoms with Crippen LogP contribution < -0.4 is 14.8 Å². The van der Waals surface area contributed by atoms with Crippen LogP contribution in [-0.2, 0) is 11.4 Å². The minimum Gasteiger partial charge on any atom is -0.493 e. The van der Waals surface area contributed by atoms with Crippen LogP contribution in [0.1, 0.15) is 11.1 Å². The lowest BCUT2D eigenvalue weighted by Crippen LogP contribution is -2.19. The molecule has 3 aromatic carbocycles. The van der Waals surface area contributed by atoms with E-state index in [4.69, 9.17) is 9.47 Å². The minimum absolute atomic E-state index is 0.0196. The number of benzene rings is 3. The Morgan fingerprint density at radius 2 is 1.97 bits per heavy atom. The Morgan fingerprint density at radius 1 is 1.20 bits per heavy atom. The second-order valence-electron chi connectivity index (χ2n) is 7.21. The number of rotatable bonds is 7. The largest absolute Gasteiger partial charge is 0.493 e. The van der Waals surface area contributed by atoms with Gasteiger partial charge in [0.15, 0.2) is 16.7 Å². The number of carbonyl (C=O) groups excluding carboxylic acids is 1. The van der Waals surface area contributed by atoms with E-state index in [9.17, 15) is 19.3 Å². The van der Waals surface area contributed by atoms with Crippen molar-refractivity contribution >= 4 is 56.2 Å². The molecule has 1 fully saturated rings. The number of non-ortho nitro benzene ring substituents is 1. The molecular weight excluding hydrogens is 541 g/mol. The SMILES string of the molecule is COc1cc(/C=C2/SC(=Nc3ccc(F)cc3)NC2=O)cc(Br)c1OCc1cccc([N+](=O)[O-])c1. The van der Waals surface area contributed by atoms with E-state index in [2.05, 4.69) is 26.2 Å². The summed E-state index contributed by atoms with van der Waals surface area (Å²) in [6.07, 6.45) is 1.69. The average molecular weight is 558 g/mol. The van der Waals surface area contributed by atoms with Crippen molar-refractivity contribution in [2.24, 2.45) is 4.99 Å². The normalized spacial score (nSPS) is 15.3. The maximum Gasteiger partial charge on any atom is 0.269 e. The van der Waals surface area contributed by atoms with Crippen LogP contribution in [0.2, 0.25) is 0 Å². The Bertz CT molecular complexity index is 1360. The first-order chi connectivity index (χ1) is 16.8. The van der Waals surface area contributed by atoms with E-state index < -0.39 is 4.92 Å². The van der Waals surface area contributed by atoms with Crippen LogP contribution in [-0.4, -0.2) is 23.1 Å². The van der Waals surface area contributed by atoms with Gasteiger partial charge < -0.3 is 14.8 Å². The van der Waals surface area contributed by atoms with Crippen molar-refractivity contribution in [3.63, 3.8) is 0 Å². The molecule has 0 bridgehead atoms. The van der Waals surface area contributed by atoms with Gasteiger partial charge in [-0.05, 0) is 81.3 Å². The van der Waals surface area contributed by atoms with Crippen molar-refractivity contribution < 1.29 is 23.6 Å². The molecule has 11 heteroatoms. The van der Waals surface area contributed by atoms with Gasteiger partial charge in [-0.1, -0.05) is 12.1 Å². The van der Waals surface area contributed by atoms with Gasteiger partial charge in [0.2, 0.25) is 0 Å². The first-order valence-electron chi connectivity index (χ1n) is 10.1. The quantitative estimate of drug-likeness (QED) is 0.218. The number of methoxy groups -OCH3 is 1. The molecule has 0 aromatic heterocycles. The fraction of sp³-hybridized carbons (Fsp3) is 0.0833. The van der Waals surface area contributed by atoms with Gasteiger partial charge in [-0.2, -0.15) is 0 Å². The second kappa shape index (κ2) is 10.7. The van der Waals surface area contributed by atoms with E-state index in [0.717, 1.165) is 11.8 Å². The highest BCUT2D eigenvalue weighted by molar-refractivity contribution is 9.10. The van der Waals surface area contributed by atoms with Gasteiger partial charge >= 0.3 is 0 Å². The number of amidine groups is 1. The van der Waals surface area contributed by atoms with Crippen LogP contribution in [0.4, 0.5) is 15.8 Å². The third-order valence-electron chi connectivity index (χ3n) is 4.76. The highest BCUT2D eigenvalue weighted by Crippen LogP contribution is 2.39. The number of aliphatic imine (C=N–C) groups is 1. The Kier molecular flexibility index (Phi) is 7.47. The van der Waals surface area contributed by atoms with Gasteiger partial charge in [0.1, 0.15) is 12.4 Å². The molecule has 3 aromatic rings. The topological polar surface area (TPSA) is 103 Å². The number of nitrogens with one attached hydrogen (secondary N) is 1. The van der Waals surface area contributed by atoms with Crippen molar-refractivity contribution in [1.29, 1.82) is 0 Å². The molecule has 8 nitrogen and oxygen atoms in total. The number of nitro benzene ring substituents is 1. The van der Waals surface area contributed by atoms with Crippen LogP contribution in [0.25, 0.3) is 6.08 Å². The maximum absolute atomic E-state index is 13.1. The van der Waals surface area contributed by atoms with Crippen molar-refractivity contribution in [2.45, 2.75) is 6.61 Å². The molecule has 0 atom stereocenters. The molecule has 0 saturated carbocycles. The third-order valence-corrected chi connectivity index (χ3v) is 6.26. The molecule has 0 aliphatic carbocycles. The predicted octanol–water partition coefficient (Wildman–Crippen LogP) is 5.98. The lowest BCUT2D eigenvalue weighted by Gasteiger charge is -2.14. The van der Waals surface area contributed by atoms with Crippen LogP contribution in [0.15, 0.2) is 75.0 Å². The molecule has 0 unspecified atom stereocenters. The molecular formula is C24H17BrFN3O5S. The molecule has 178 valence electrons. The van der Waals surface area contributed by atoms with Crippen molar-refractivity contribution in [1.82, 2.24) is 5.32 Å². The number of ether oxygens (including phenoxy) is 2. The zero-order valence-corrected chi connectivity index (χ0v) is 20.6. The zero-order valence-electron chi connectivity index (χ0n) is 18.2. The number of nitrogens with zero attached hydrogens (tertiary/aromatic N) is 2. The Labute approximate surface area is 212 Å². The fourth-order valence-corrected chi connectivity index (χ4v) is 4.56. The van der Waals surface area contributed by atoms with Gasteiger partial charge in [0.05, 0.1) is 27.1 Å². The van der Waals surface area contributed by atoms with E-state index >= 15 is 0 Å². The third kappa shape index (κ3) is 6.06. The van der Waals surface area contributed by atoms with Crippen molar-refractivity contribution in [2.75, 3.05) is 7.11 Å². The molecule has 1 aliphatic rings. The zero-order chi connectivity index (χ0) is 24.9. The molecule has 0 radical (unpaired) electrons. The molecule has 1 saturated heterocycles. The summed E-state index contributed by atoms with van der Waals surface area (Å²) in [5.74, 6) is 0.162. The van der Waals surface area contributed by atoms with E-state index in [-0.39, 0.29) is 24.0 Å². The molecule has 0 spiro atoms. The number of carbonyl (C=O) groups is 1. The molecule has 1 aliphatic heterocycles. The Hall–Kier alpha value is -3.70. The summed E-state index contributed by atoms with van der Waals surface area (Å²) in [7, 11) is 1.49. The number of halogens is 2. The summed E-state index contributed by atoms with van der Waals surface area (Å²) in [5, 5.41) is 14.1. The van der Waals surface area contributed by atoms with E-state index in [0.29, 0.717) is 42.9 Å². The minimum atomic E-state index is -0.463. The van der Waals surface area contributed by atoms with Crippen molar-refractivity contribution in [3.8, 4) is 11.5 Å². The highest BCUT2D eigenvalue weighted by Gasteiger charge is 2.24. The number of thioether (sulfide) groups is 1.